The molecule has 0 amide bonds. The molecule has 1 saturated heterocycles. The van der Waals surface area contributed by atoms with Crippen molar-refractivity contribution in [2.75, 3.05) is 31.1 Å². The molecule has 1 aliphatic rings. The molecular weight excluding hydrogens is 280 g/mol. The van der Waals surface area contributed by atoms with Crippen LogP contribution in [0.1, 0.15) is 11.1 Å². The molecule has 0 radical (unpaired) electrons. The number of aryl methyl sites for hydroxylation is 1. The zero-order valence-electron chi connectivity index (χ0n) is 12.5. The number of hydrogen-bond acceptors (Lipinski definition) is 1. The fourth-order valence-corrected chi connectivity index (χ4v) is 3.18. The molecule has 2 aromatic rings. The Hall–Kier alpha value is -1.51. The number of rotatable bonds is 3. The highest BCUT2D eigenvalue weighted by Gasteiger charge is 2.20. The van der Waals surface area contributed by atoms with Gasteiger partial charge in [-0.1, -0.05) is 41.9 Å². The summed E-state index contributed by atoms with van der Waals surface area (Å²) < 4.78 is 0. The molecule has 0 aliphatic carbocycles. The Bertz CT molecular complexity index is 586. The summed E-state index contributed by atoms with van der Waals surface area (Å²) in [5.74, 6) is 0. The molecule has 1 heterocycles. The minimum Gasteiger partial charge on any atom is -0.360 e. The fraction of sp³-hybridized carbons (Fsp3) is 0.333. The van der Waals surface area contributed by atoms with Gasteiger partial charge in [-0.3, -0.25) is 0 Å². The van der Waals surface area contributed by atoms with Crippen LogP contribution >= 0.6 is 11.6 Å². The van der Waals surface area contributed by atoms with Crippen molar-refractivity contribution >= 4 is 17.3 Å². The van der Waals surface area contributed by atoms with Gasteiger partial charge in [-0.25, -0.2) is 0 Å². The quantitative estimate of drug-likeness (QED) is 0.915. The lowest BCUT2D eigenvalue weighted by Crippen LogP contribution is -3.13. The van der Waals surface area contributed by atoms with Crippen LogP contribution in [0.4, 0.5) is 5.69 Å². The van der Waals surface area contributed by atoms with Gasteiger partial charge in [0, 0.05) is 16.3 Å². The number of nitrogens with zero attached hydrogens (tertiary/aromatic N) is 1. The van der Waals surface area contributed by atoms with Crippen LogP contribution in [-0.2, 0) is 6.54 Å². The maximum Gasteiger partial charge on any atom is 0.103 e. The molecule has 1 fully saturated rings. The summed E-state index contributed by atoms with van der Waals surface area (Å²) in [6, 6.07) is 16.9. The summed E-state index contributed by atoms with van der Waals surface area (Å²) in [6.45, 7) is 7.94. The van der Waals surface area contributed by atoms with E-state index in [2.05, 4.69) is 48.2 Å². The van der Waals surface area contributed by atoms with E-state index in [1.54, 1.807) is 4.90 Å². The summed E-state index contributed by atoms with van der Waals surface area (Å²) in [5, 5.41) is 0.818. The Morgan fingerprint density at radius 3 is 2.33 bits per heavy atom. The number of para-hydroxylation sites is 1. The van der Waals surface area contributed by atoms with Gasteiger partial charge in [0.05, 0.1) is 26.2 Å². The molecule has 3 rings (SSSR count). The standard InChI is InChI=1S/C18H21ClN2/c1-15-4-2-3-5-18(15)21-12-10-20(11-13-21)14-16-6-8-17(19)9-7-16/h2-9H,10-14H2,1H3/p+1. The highest BCUT2D eigenvalue weighted by molar-refractivity contribution is 6.30. The molecular formula is C18H22ClN2+. The van der Waals surface area contributed by atoms with Crippen LogP contribution in [0.2, 0.25) is 5.02 Å². The average molecular weight is 302 g/mol. The van der Waals surface area contributed by atoms with Crippen LogP contribution in [0, 0.1) is 6.92 Å². The number of nitrogens with one attached hydrogen (secondary N) is 1. The molecule has 110 valence electrons. The van der Waals surface area contributed by atoms with Crippen LogP contribution in [0.15, 0.2) is 48.5 Å². The van der Waals surface area contributed by atoms with E-state index in [9.17, 15) is 0 Å². The van der Waals surface area contributed by atoms with Gasteiger partial charge in [-0.15, -0.1) is 0 Å². The predicted molar refractivity (Wildman–Crippen MR) is 89.2 cm³/mol. The molecule has 0 unspecified atom stereocenters. The summed E-state index contributed by atoms with van der Waals surface area (Å²) >= 11 is 5.94. The Morgan fingerprint density at radius 2 is 1.67 bits per heavy atom. The van der Waals surface area contributed by atoms with E-state index in [4.69, 9.17) is 11.6 Å². The summed E-state index contributed by atoms with van der Waals surface area (Å²) in [5.41, 5.74) is 4.14. The SMILES string of the molecule is Cc1ccccc1N1CC[NH+](Cc2ccc(Cl)cc2)CC1. The Kier molecular flexibility index (Phi) is 4.47. The minimum atomic E-state index is 0.818. The minimum absolute atomic E-state index is 0.818. The van der Waals surface area contributed by atoms with E-state index < -0.39 is 0 Å². The molecule has 0 bridgehead atoms. The number of quaternary nitrogens is 1. The normalized spacial score (nSPS) is 16.2. The number of halogens is 1. The fourth-order valence-electron chi connectivity index (χ4n) is 3.05. The molecule has 2 aromatic carbocycles. The Labute approximate surface area is 131 Å². The Balaban J connectivity index is 1.58. The highest BCUT2D eigenvalue weighted by atomic mass is 35.5. The lowest BCUT2D eigenvalue weighted by Gasteiger charge is -2.34. The molecule has 21 heavy (non-hydrogen) atoms. The maximum atomic E-state index is 5.94. The van der Waals surface area contributed by atoms with Crippen LogP contribution < -0.4 is 9.80 Å². The molecule has 0 aromatic heterocycles. The lowest BCUT2D eigenvalue weighted by molar-refractivity contribution is -0.914. The molecule has 0 saturated carbocycles. The van der Waals surface area contributed by atoms with Crippen LogP contribution in [0.3, 0.4) is 0 Å². The molecule has 3 heteroatoms. The van der Waals surface area contributed by atoms with Gasteiger partial charge in [0.15, 0.2) is 0 Å². The first-order chi connectivity index (χ1) is 10.2. The summed E-state index contributed by atoms with van der Waals surface area (Å²) in [4.78, 5) is 4.17. The molecule has 2 nitrogen and oxygen atoms in total. The van der Waals surface area contributed by atoms with Gasteiger partial charge in [0.1, 0.15) is 6.54 Å². The van der Waals surface area contributed by atoms with E-state index in [1.165, 1.54) is 29.9 Å². The second kappa shape index (κ2) is 6.50. The number of benzene rings is 2. The second-order valence-electron chi connectivity index (χ2n) is 5.83. The largest absolute Gasteiger partial charge is 0.360 e. The van der Waals surface area contributed by atoms with Crippen molar-refractivity contribution < 1.29 is 4.90 Å². The van der Waals surface area contributed by atoms with Crippen LogP contribution in [0.25, 0.3) is 0 Å². The van der Waals surface area contributed by atoms with Crippen molar-refractivity contribution in [3.05, 3.63) is 64.7 Å². The van der Waals surface area contributed by atoms with Crippen molar-refractivity contribution in [2.45, 2.75) is 13.5 Å². The molecule has 0 spiro atoms. The molecule has 0 atom stereocenters. The van der Waals surface area contributed by atoms with Crippen molar-refractivity contribution in [1.82, 2.24) is 0 Å². The van der Waals surface area contributed by atoms with Crippen molar-refractivity contribution in [1.29, 1.82) is 0 Å². The number of anilines is 1. The smallest absolute Gasteiger partial charge is 0.103 e. The van der Waals surface area contributed by atoms with Gasteiger partial charge < -0.3 is 9.80 Å². The third-order valence-electron chi connectivity index (χ3n) is 4.29. The van der Waals surface area contributed by atoms with Gasteiger partial charge in [0.2, 0.25) is 0 Å². The number of hydrogen-bond donors (Lipinski definition) is 1. The van der Waals surface area contributed by atoms with Crippen molar-refractivity contribution in [3.63, 3.8) is 0 Å². The molecule has 1 aliphatic heterocycles. The lowest BCUT2D eigenvalue weighted by atomic mass is 10.1. The first-order valence-electron chi connectivity index (χ1n) is 7.61. The third-order valence-corrected chi connectivity index (χ3v) is 4.55. The van der Waals surface area contributed by atoms with Crippen molar-refractivity contribution in [3.8, 4) is 0 Å². The van der Waals surface area contributed by atoms with E-state index in [0.717, 1.165) is 24.7 Å². The Morgan fingerprint density at radius 1 is 1.00 bits per heavy atom. The zero-order valence-corrected chi connectivity index (χ0v) is 13.2. The molecule has 1 N–H and O–H groups in total. The van der Waals surface area contributed by atoms with Gasteiger partial charge in [0.25, 0.3) is 0 Å². The predicted octanol–water partition coefficient (Wildman–Crippen LogP) is 2.55. The number of piperazine rings is 1. The van der Waals surface area contributed by atoms with Gasteiger partial charge >= 0.3 is 0 Å². The average Bonchev–Trinajstić information content (AvgIpc) is 2.51. The van der Waals surface area contributed by atoms with Crippen molar-refractivity contribution in [2.24, 2.45) is 0 Å². The van der Waals surface area contributed by atoms with E-state index in [-0.39, 0.29) is 0 Å². The van der Waals surface area contributed by atoms with Gasteiger partial charge in [-0.05, 0) is 30.7 Å². The third kappa shape index (κ3) is 3.58. The van der Waals surface area contributed by atoms with Gasteiger partial charge in [-0.2, -0.15) is 0 Å². The highest BCUT2D eigenvalue weighted by Crippen LogP contribution is 2.18. The van der Waals surface area contributed by atoms with Crippen LogP contribution in [0.5, 0.6) is 0 Å². The maximum absolute atomic E-state index is 5.94. The topological polar surface area (TPSA) is 7.68 Å². The zero-order chi connectivity index (χ0) is 14.7. The van der Waals surface area contributed by atoms with Crippen LogP contribution in [-0.4, -0.2) is 26.2 Å². The monoisotopic (exact) mass is 301 g/mol. The second-order valence-corrected chi connectivity index (χ2v) is 6.26. The summed E-state index contributed by atoms with van der Waals surface area (Å²) in [7, 11) is 0. The van der Waals surface area contributed by atoms with E-state index in [1.807, 2.05) is 12.1 Å². The van der Waals surface area contributed by atoms with E-state index >= 15 is 0 Å². The first-order valence-corrected chi connectivity index (χ1v) is 7.99. The van der Waals surface area contributed by atoms with E-state index in [0.29, 0.717) is 0 Å². The summed E-state index contributed by atoms with van der Waals surface area (Å²) in [6.07, 6.45) is 0. The first kappa shape index (κ1) is 14.4.